The van der Waals surface area contributed by atoms with Gasteiger partial charge in [0.05, 0.1) is 11.4 Å². The number of halogens is 1. The summed E-state index contributed by atoms with van der Waals surface area (Å²) >= 11 is 6.04. The fraction of sp³-hybridized carbons (Fsp3) is 0. The standard InChI is InChI=1S/C23H16ClN/c24-21-13-11-17(12-14-21)20-15-22(18-7-3-1-4-8-18)25-23(16-20)19-9-5-2-6-10-19/h1-16H. The lowest BCUT2D eigenvalue weighted by atomic mass is 10.00. The van der Waals surface area contributed by atoms with Gasteiger partial charge < -0.3 is 0 Å². The Morgan fingerprint density at radius 1 is 0.480 bits per heavy atom. The van der Waals surface area contributed by atoms with Gasteiger partial charge in [-0.3, -0.25) is 0 Å². The van der Waals surface area contributed by atoms with Gasteiger partial charge in [-0.15, -0.1) is 0 Å². The number of aromatic nitrogens is 1. The maximum absolute atomic E-state index is 6.04. The summed E-state index contributed by atoms with van der Waals surface area (Å²) in [4.78, 5) is 4.89. The van der Waals surface area contributed by atoms with E-state index < -0.39 is 0 Å². The van der Waals surface area contributed by atoms with Crippen molar-refractivity contribution in [1.82, 2.24) is 4.98 Å². The Bertz CT molecular complexity index is 920. The molecule has 2 heteroatoms. The topological polar surface area (TPSA) is 12.9 Å². The van der Waals surface area contributed by atoms with Crippen LogP contribution in [-0.4, -0.2) is 4.98 Å². The van der Waals surface area contributed by atoms with Crippen molar-refractivity contribution in [3.8, 4) is 33.6 Å². The molecule has 4 rings (SSSR count). The second kappa shape index (κ2) is 6.92. The van der Waals surface area contributed by atoms with Crippen molar-refractivity contribution >= 4 is 11.6 Å². The zero-order valence-corrected chi connectivity index (χ0v) is 14.3. The molecule has 25 heavy (non-hydrogen) atoms. The lowest BCUT2D eigenvalue weighted by Crippen LogP contribution is -1.91. The van der Waals surface area contributed by atoms with Gasteiger partial charge in [-0.1, -0.05) is 84.4 Å². The first kappa shape index (κ1) is 15.6. The Labute approximate surface area is 152 Å². The van der Waals surface area contributed by atoms with E-state index in [4.69, 9.17) is 16.6 Å². The third kappa shape index (κ3) is 3.47. The Hall–Kier alpha value is -2.90. The van der Waals surface area contributed by atoms with E-state index in [1.165, 1.54) is 0 Å². The second-order valence-electron chi connectivity index (χ2n) is 5.87. The molecule has 1 aromatic heterocycles. The monoisotopic (exact) mass is 341 g/mol. The minimum absolute atomic E-state index is 0.740. The molecule has 0 spiro atoms. The van der Waals surface area contributed by atoms with Crippen LogP contribution >= 0.6 is 11.6 Å². The van der Waals surface area contributed by atoms with Crippen molar-refractivity contribution < 1.29 is 0 Å². The average Bonchev–Trinajstić information content (AvgIpc) is 2.69. The summed E-state index contributed by atoms with van der Waals surface area (Å²) in [5.41, 5.74) is 6.40. The maximum Gasteiger partial charge on any atom is 0.0715 e. The van der Waals surface area contributed by atoms with Crippen LogP contribution in [0.5, 0.6) is 0 Å². The third-order valence-electron chi connectivity index (χ3n) is 4.14. The molecule has 0 amide bonds. The molecule has 0 radical (unpaired) electrons. The van der Waals surface area contributed by atoms with E-state index in [0.717, 1.165) is 38.7 Å². The van der Waals surface area contributed by atoms with Gasteiger partial charge in [0.25, 0.3) is 0 Å². The first-order valence-electron chi connectivity index (χ1n) is 8.18. The molecule has 0 saturated heterocycles. The average molecular weight is 342 g/mol. The van der Waals surface area contributed by atoms with Crippen molar-refractivity contribution in [1.29, 1.82) is 0 Å². The number of pyridine rings is 1. The van der Waals surface area contributed by atoms with Crippen molar-refractivity contribution in [3.63, 3.8) is 0 Å². The fourth-order valence-electron chi connectivity index (χ4n) is 2.85. The predicted octanol–water partition coefficient (Wildman–Crippen LogP) is 6.74. The van der Waals surface area contributed by atoms with E-state index in [1.54, 1.807) is 0 Å². The zero-order valence-electron chi connectivity index (χ0n) is 13.6. The van der Waals surface area contributed by atoms with Crippen molar-refractivity contribution in [2.75, 3.05) is 0 Å². The molecule has 0 aliphatic rings. The molecule has 0 bridgehead atoms. The molecule has 0 atom stereocenters. The molecule has 0 saturated carbocycles. The predicted molar refractivity (Wildman–Crippen MR) is 106 cm³/mol. The molecule has 0 aliphatic carbocycles. The highest BCUT2D eigenvalue weighted by atomic mass is 35.5. The largest absolute Gasteiger partial charge is 0.248 e. The van der Waals surface area contributed by atoms with Gasteiger partial charge >= 0.3 is 0 Å². The van der Waals surface area contributed by atoms with Gasteiger partial charge in [0.2, 0.25) is 0 Å². The Kier molecular flexibility index (Phi) is 4.32. The van der Waals surface area contributed by atoms with Crippen LogP contribution in [0.15, 0.2) is 97.1 Å². The third-order valence-corrected chi connectivity index (χ3v) is 4.39. The summed E-state index contributed by atoms with van der Waals surface area (Å²) < 4.78 is 0. The Morgan fingerprint density at radius 2 is 0.960 bits per heavy atom. The van der Waals surface area contributed by atoms with Gasteiger partial charge in [0.15, 0.2) is 0 Å². The van der Waals surface area contributed by atoms with Crippen LogP contribution in [0.3, 0.4) is 0 Å². The lowest BCUT2D eigenvalue weighted by Gasteiger charge is -2.10. The molecule has 0 fully saturated rings. The van der Waals surface area contributed by atoms with E-state index in [0.29, 0.717) is 0 Å². The minimum Gasteiger partial charge on any atom is -0.248 e. The van der Waals surface area contributed by atoms with Crippen LogP contribution < -0.4 is 0 Å². The number of hydrogen-bond acceptors (Lipinski definition) is 1. The van der Waals surface area contributed by atoms with Crippen LogP contribution in [0, 0.1) is 0 Å². The van der Waals surface area contributed by atoms with Crippen LogP contribution in [0.1, 0.15) is 0 Å². The van der Waals surface area contributed by atoms with Gasteiger partial charge in [-0.05, 0) is 35.4 Å². The lowest BCUT2D eigenvalue weighted by molar-refractivity contribution is 1.32. The molecule has 3 aromatic carbocycles. The summed E-state index contributed by atoms with van der Waals surface area (Å²) in [5, 5.41) is 0.740. The molecule has 4 aromatic rings. The summed E-state index contributed by atoms with van der Waals surface area (Å²) in [6.07, 6.45) is 0. The number of nitrogens with zero attached hydrogens (tertiary/aromatic N) is 1. The molecule has 1 nitrogen and oxygen atoms in total. The van der Waals surface area contributed by atoms with Crippen LogP contribution in [-0.2, 0) is 0 Å². The van der Waals surface area contributed by atoms with Gasteiger partial charge in [0, 0.05) is 16.1 Å². The van der Waals surface area contributed by atoms with E-state index in [2.05, 4.69) is 36.4 Å². The molecule has 120 valence electrons. The highest BCUT2D eigenvalue weighted by molar-refractivity contribution is 6.30. The summed E-state index contributed by atoms with van der Waals surface area (Å²) in [6, 6.07) is 32.7. The van der Waals surface area contributed by atoms with Gasteiger partial charge in [-0.2, -0.15) is 0 Å². The molecular weight excluding hydrogens is 326 g/mol. The maximum atomic E-state index is 6.04. The summed E-state index contributed by atoms with van der Waals surface area (Å²) in [7, 11) is 0. The summed E-state index contributed by atoms with van der Waals surface area (Å²) in [6.45, 7) is 0. The highest BCUT2D eigenvalue weighted by Crippen LogP contribution is 2.30. The number of benzene rings is 3. The van der Waals surface area contributed by atoms with Crippen molar-refractivity contribution in [2.45, 2.75) is 0 Å². The van der Waals surface area contributed by atoms with Crippen LogP contribution in [0.4, 0.5) is 0 Å². The molecule has 0 unspecified atom stereocenters. The number of hydrogen-bond donors (Lipinski definition) is 0. The SMILES string of the molecule is Clc1ccc(-c2cc(-c3ccccc3)nc(-c3ccccc3)c2)cc1. The van der Waals surface area contributed by atoms with E-state index in [1.807, 2.05) is 60.7 Å². The molecule has 0 aliphatic heterocycles. The van der Waals surface area contributed by atoms with Crippen LogP contribution in [0.2, 0.25) is 5.02 Å². The minimum atomic E-state index is 0.740. The van der Waals surface area contributed by atoms with Gasteiger partial charge in [-0.25, -0.2) is 4.98 Å². The number of rotatable bonds is 3. The Balaban J connectivity index is 1.90. The Morgan fingerprint density at radius 3 is 1.44 bits per heavy atom. The highest BCUT2D eigenvalue weighted by Gasteiger charge is 2.08. The van der Waals surface area contributed by atoms with Crippen molar-refractivity contribution in [2.24, 2.45) is 0 Å². The van der Waals surface area contributed by atoms with Gasteiger partial charge in [0.1, 0.15) is 0 Å². The first-order chi connectivity index (χ1) is 12.3. The van der Waals surface area contributed by atoms with Crippen molar-refractivity contribution in [3.05, 3.63) is 102 Å². The second-order valence-corrected chi connectivity index (χ2v) is 6.30. The molecule has 0 N–H and O–H groups in total. The molecular formula is C23H16ClN. The zero-order chi connectivity index (χ0) is 17.1. The smallest absolute Gasteiger partial charge is 0.0715 e. The van der Waals surface area contributed by atoms with E-state index in [9.17, 15) is 0 Å². The van der Waals surface area contributed by atoms with E-state index >= 15 is 0 Å². The van der Waals surface area contributed by atoms with Crippen LogP contribution in [0.25, 0.3) is 33.6 Å². The van der Waals surface area contributed by atoms with E-state index in [-0.39, 0.29) is 0 Å². The normalized spacial score (nSPS) is 10.6. The first-order valence-corrected chi connectivity index (χ1v) is 8.56. The molecule has 1 heterocycles. The quantitative estimate of drug-likeness (QED) is 0.402. The summed E-state index contributed by atoms with van der Waals surface area (Å²) in [5.74, 6) is 0. The fourth-order valence-corrected chi connectivity index (χ4v) is 2.98.